The maximum Gasteiger partial charge on any atom is 0.348 e. The van der Waals surface area contributed by atoms with Gasteiger partial charge >= 0.3 is 17.9 Å². The van der Waals surface area contributed by atoms with Crippen LogP contribution >= 0.6 is 0 Å². The minimum Gasteiger partial charge on any atom is -0.467 e. The lowest BCUT2D eigenvalue weighted by molar-refractivity contribution is -0.297. The molecule has 6 rings (SSSR count). The number of esters is 3. The van der Waals surface area contributed by atoms with Crippen molar-refractivity contribution < 1.29 is 78.2 Å². The summed E-state index contributed by atoms with van der Waals surface area (Å²) < 4.78 is 34.3. The van der Waals surface area contributed by atoms with E-state index in [0.717, 1.165) is 7.11 Å². The third-order valence-corrected chi connectivity index (χ3v) is 12.4. The average Bonchev–Trinajstić information content (AvgIpc) is 3.38. The summed E-state index contributed by atoms with van der Waals surface area (Å²) in [5, 5.41) is 64.8. The molecule has 0 aromatic rings. The lowest BCUT2D eigenvalue weighted by Crippen LogP contribution is -2.80. The smallest absolute Gasteiger partial charge is 0.348 e. The van der Waals surface area contributed by atoms with Gasteiger partial charge < -0.3 is 59.1 Å². The first-order chi connectivity index (χ1) is 23.4. The molecule has 3 saturated heterocycles. The Balaban J connectivity index is 1.45. The van der Waals surface area contributed by atoms with Gasteiger partial charge in [-0.2, -0.15) is 0 Å². The van der Waals surface area contributed by atoms with Crippen LogP contribution in [0.5, 0.6) is 0 Å². The largest absolute Gasteiger partial charge is 0.467 e. The van der Waals surface area contributed by atoms with E-state index in [0.29, 0.717) is 5.57 Å². The van der Waals surface area contributed by atoms with E-state index >= 15 is 0 Å². The van der Waals surface area contributed by atoms with Crippen LogP contribution in [-0.4, -0.2) is 135 Å². The van der Waals surface area contributed by atoms with Gasteiger partial charge in [-0.25, -0.2) is 14.4 Å². The summed E-state index contributed by atoms with van der Waals surface area (Å²) in [6.45, 7) is 7.61. The highest BCUT2D eigenvalue weighted by molar-refractivity contribution is 6.00. The molecule has 278 valence electrons. The zero-order chi connectivity index (χ0) is 36.8. The molecule has 0 aromatic carbocycles. The molecule has 1 spiro atoms. The molecule has 0 amide bonds. The Morgan fingerprint density at radius 1 is 1.06 bits per heavy atom. The second-order valence-corrected chi connectivity index (χ2v) is 15.1. The first-order valence-corrected chi connectivity index (χ1v) is 16.8. The fourth-order valence-electron chi connectivity index (χ4n) is 9.71. The summed E-state index contributed by atoms with van der Waals surface area (Å²) in [6, 6.07) is 0. The van der Waals surface area contributed by atoms with E-state index in [4.69, 9.17) is 28.4 Å². The van der Waals surface area contributed by atoms with Gasteiger partial charge in [-0.1, -0.05) is 33.3 Å². The summed E-state index contributed by atoms with van der Waals surface area (Å²) in [6.07, 6.45) is -12.3. The predicted octanol–water partition coefficient (Wildman–Crippen LogP) is -1.73. The van der Waals surface area contributed by atoms with Gasteiger partial charge in [-0.3, -0.25) is 4.79 Å². The van der Waals surface area contributed by atoms with Crippen molar-refractivity contribution in [2.75, 3.05) is 20.3 Å². The molecular weight excluding hydrogens is 664 g/mol. The maximum atomic E-state index is 14.8. The number of carbonyl (C=O) groups excluding carboxylic acids is 4. The number of carbonyl (C=O) groups is 4. The van der Waals surface area contributed by atoms with Gasteiger partial charge in [0.25, 0.3) is 0 Å². The summed E-state index contributed by atoms with van der Waals surface area (Å²) in [4.78, 5) is 55.4. The molecule has 6 aliphatic rings. The third kappa shape index (κ3) is 4.86. The molecule has 2 saturated carbocycles. The SMILES string of the molecule is COC(=O)[C@@]12OC[C@]34C([C@@H](O)[C@@H]1O)[C@@]1(C)C(=O)C(O[C@@H]5O[C@H](CO)[C@@H](O)[C@H](O)[C@H]5O)=C[C@@H](C)[C@@H]1C[C@H]3OC(=O)[C@H](OC(=O)/C=C(\C)C(C)C)[C@@H]24. The molecule has 16 atom stereocenters. The lowest BCUT2D eigenvalue weighted by Gasteiger charge is -2.67. The summed E-state index contributed by atoms with van der Waals surface area (Å²) >= 11 is 0. The van der Waals surface area contributed by atoms with Gasteiger partial charge in [0.2, 0.25) is 23.8 Å². The van der Waals surface area contributed by atoms with E-state index in [9.17, 15) is 49.8 Å². The van der Waals surface area contributed by atoms with Crippen LogP contribution in [-0.2, 0) is 47.6 Å². The van der Waals surface area contributed by atoms with Crippen molar-refractivity contribution in [1.29, 1.82) is 0 Å². The molecule has 3 heterocycles. The number of ketones is 1. The molecule has 3 aliphatic carbocycles. The average molecular weight is 711 g/mol. The van der Waals surface area contributed by atoms with Gasteiger partial charge in [0.15, 0.2) is 5.76 Å². The molecule has 16 nitrogen and oxygen atoms in total. The van der Waals surface area contributed by atoms with E-state index < -0.39 is 132 Å². The number of fused-ring (bicyclic) bond motifs is 2. The number of aliphatic hydroxyl groups excluding tert-OH is 6. The Bertz CT molecular complexity index is 1490. The van der Waals surface area contributed by atoms with Crippen LogP contribution in [0.15, 0.2) is 23.5 Å². The molecule has 3 aliphatic heterocycles. The van der Waals surface area contributed by atoms with Crippen LogP contribution in [0, 0.1) is 40.4 Å². The van der Waals surface area contributed by atoms with E-state index in [1.54, 1.807) is 20.8 Å². The van der Waals surface area contributed by atoms with Gasteiger partial charge in [0.05, 0.1) is 32.3 Å². The highest BCUT2D eigenvalue weighted by Gasteiger charge is 2.86. The van der Waals surface area contributed by atoms with E-state index in [1.165, 1.54) is 12.2 Å². The van der Waals surface area contributed by atoms with Crippen LogP contribution in [0.1, 0.15) is 41.0 Å². The number of Topliss-reactive ketones (excluding diaryl/α,β-unsaturated/α-hetero) is 1. The number of ether oxygens (including phenoxy) is 6. The normalized spacial score (nSPS) is 48.2. The number of hydrogen-bond acceptors (Lipinski definition) is 16. The third-order valence-electron chi connectivity index (χ3n) is 12.4. The summed E-state index contributed by atoms with van der Waals surface area (Å²) in [7, 11) is 1.04. The number of allylic oxidation sites excluding steroid dienone is 3. The van der Waals surface area contributed by atoms with Crippen molar-refractivity contribution in [3.8, 4) is 0 Å². The Hall–Kier alpha value is -2.96. The monoisotopic (exact) mass is 710 g/mol. The van der Waals surface area contributed by atoms with Crippen LogP contribution in [0.3, 0.4) is 0 Å². The van der Waals surface area contributed by atoms with Crippen molar-refractivity contribution in [2.24, 2.45) is 40.4 Å². The maximum absolute atomic E-state index is 14.8. The van der Waals surface area contributed by atoms with E-state index in [1.807, 2.05) is 13.8 Å². The quantitative estimate of drug-likeness (QED) is 0.0976. The Labute approximate surface area is 287 Å². The lowest BCUT2D eigenvalue weighted by atomic mass is 9.37. The number of methoxy groups -OCH3 is 1. The van der Waals surface area contributed by atoms with Crippen LogP contribution in [0.25, 0.3) is 0 Å². The van der Waals surface area contributed by atoms with Crippen molar-refractivity contribution in [3.63, 3.8) is 0 Å². The molecular formula is C34H46O16. The van der Waals surface area contributed by atoms with Crippen LogP contribution in [0.2, 0.25) is 0 Å². The van der Waals surface area contributed by atoms with Gasteiger partial charge in [-0.05, 0) is 37.2 Å². The second-order valence-electron chi connectivity index (χ2n) is 15.1. The highest BCUT2D eigenvalue weighted by Crippen LogP contribution is 2.72. The number of rotatable bonds is 7. The molecule has 0 radical (unpaired) electrons. The molecule has 16 heteroatoms. The molecule has 2 bridgehead atoms. The van der Waals surface area contributed by atoms with Gasteiger partial charge in [-0.15, -0.1) is 0 Å². The summed E-state index contributed by atoms with van der Waals surface area (Å²) in [5.41, 5.74) is -4.95. The van der Waals surface area contributed by atoms with Crippen molar-refractivity contribution in [1.82, 2.24) is 0 Å². The highest BCUT2D eigenvalue weighted by atomic mass is 16.7. The first-order valence-electron chi connectivity index (χ1n) is 16.8. The fraction of sp³-hybridized carbons (Fsp3) is 0.765. The zero-order valence-corrected chi connectivity index (χ0v) is 28.6. The zero-order valence-electron chi connectivity index (χ0n) is 28.6. The second kappa shape index (κ2) is 12.6. The molecule has 50 heavy (non-hydrogen) atoms. The first kappa shape index (κ1) is 36.8. The predicted molar refractivity (Wildman–Crippen MR) is 164 cm³/mol. The van der Waals surface area contributed by atoms with Crippen LogP contribution < -0.4 is 0 Å². The minimum absolute atomic E-state index is 0.0391. The molecule has 1 unspecified atom stereocenters. The fourth-order valence-corrected chi connectivity index (χ4v) is 9.71. The standard InChI is InChI=1S/C34H46O16/c1-12(2)13(3)8-19(36)50-24-26-33-11-46-34(26,31(44)45-6)28(42)23(40)25(33)32(5)15(9-18(33)49-29(24)43)14(4)7-16(27(32)41)47-30-22(39)21(38)20(37)17(10-35)48-30/h7-8,12,14-15,17-18,20-26,28,30,35,37-40,42H,9-11H2,1-6H3/b13-8+/t14-,15+,17-,18-,20-,21+,22-,23-,24-,25?,26-,28+,30-,32+,33-,34+/m1/s1. The number of aliphatic hydroxyl groups is 6. The molecule has 6 N–H and O–H groups in total. The van der Waals surface area contributed by atoms with Gasteiger partial charge in [0.1, 0.15) is 36.6 Å². The van der Waals surface area contributed by atoms with Crippen LogP contribution in [0.4, 0.5) is 0 Å². The Morgan fingerprint density at radius 3 is 2.36 bits per heavy atom. The Morgan fingerprint density at radius 2 is 1.74 bits per heavy atom. The topological polar surface area (TPSA) is 245 Å². The van der Waals surface area contributed by atoms with E-state index in [2.05, 4.69) is 0 Å². The van der Waals surface area contributed by atoms with E-state index in [-0.39, 0.29) is 18.1 Å². The van der Waals surface area contributed by atoms with Gasteiger partial charge in [0, 0.05) is 22.8 Å². The van der Waals surface area contributed by atoms with Crippen molar-refractivity contribution in [2.45, 2.75) is 102 Å². The van der Waals surface area contributed by atoms with Crippen molar-refractivity contribution in [3.05, 3.63) is 23.5 Å². The number of hydrogen-bond donors (Lipinski definition) is 6. The van der Waals surface area contributed by atoms with Crippen molar-refractivity contribution >= 4 is 23.7 Å². The molecule has 5 fully saturated rings. The summed E-state index contributed by atoms with van der Waals surface area (Å²) in [5.74, 6) is -7.99. The molecule has 0 aromatic heterocycles. The Kier molecular flexibility index (Phi) is 9.29. The minimum atomic E-state index is -2.39.